The highest BCUT2D eigenvalue weighted by atomic mass is 35.5. The molecule has 2 amide bonds. The molecule has 0 saturated carbocycles. The second-order valence-electron chi connectivity index (χ2n) is 9.25. The Labute approximate surface area is 211 Å². The first-order valence-electron chi connectivity index (χ1n) is 11.6. The van der Waals surface area contributed by atoms with Crippen LogP contribution in [-0.2, 0) is 9.59 Å². The molecule has 36 heavy (non-hydrogen) atoms. The summed E-state index contributed by atoms with van der Waals surface area (Å²) in [4.78, 5) is 44.9. The maximum Gasteiger partial charge on any atom is 0.240 e. The predicted octanol–water partition coefficient (Wildman–Crippen LogP) is 4.47. The molecule has 0 N–H and O–H groups in total. The topological polar surface area (TPSA) is 76.1 Å². The third-order valence-electron chi connectivity index (χ3n) is 7.47. The van der Waals surface area contributed by atoms with E-state index in [1.807, 2.05) is 41.4 Å². The largest absolute Gasteiger partial charge is 0.454 e. The molecule has 3 aromatic carbocycles. The average Bonchev–Trinajstić information content (AvgIpc) is 3.57. The highest BCUT2D eigenvalue weighted by Gasteiger charge is 2.64. The molecule has 2 fully saturated rings. The molecular formula is C28H19ClN2O5. The van der Waals surface area contributed by atoms with Gasteiger partial charge in [-0.3, -0.25) is 14.4 Å². The summed E-state index contributed by atoms with van der Waals surface area (Å²) in [5.41, 5.74) is 2.75. The number of ketones is 1. The third kappa shape index (κ3) is 2.89. The molecule has 0 spiro atoms. The lowest BCUT2D eigenvalue weighted by molar-refractivity contribution is -0.123. The monoisotopic (exact) mass is 498 g/mol. The SMILES string of the molecule is O=C(c1ccc(Cl)cc1)[C@@H]1[C@@H]2C(=O)N(c3ccc4c(c3)OCO4)C(=O)[C@@H]2[C@@H]2c3ccccc3C=CN12. The number of hydrogen-bond acceptors (Lipinski definition) is 6. The third-order valence-corrected chi connectivity index (χ3v) is 7.73. The minimum Gasteiger partial charge on any atom is -0.454 e. The molecule has 2 saturated heterocycles. The lowest BCUT2D eigenvalue weighted by atomic mass is 9.83. The van der Waals surface area contributed by atoms with Gasteiger partial charge in [0.2, 0.25) is 18.6 Å². The first-order chi connectivity index (χ1) is 17.5. The van der Waals surface area contributed by atoms with E-state index < -0.39 is 29.8 Å². The number of halogens is 1. The number of Topliss-reactive ketones (excluding diaryl/α,β-unsaturated/α-hetero) is 1. The smallest absolute Gasteiger partial charge is 0.240 e. The number of nitrogens with zero attached hydrogens (tertiary/aromatic N) is 2. The summed E-state index contributed by atoms with van der Waals surface area (Å²) in [7, 11) is 0. The second-order valence-corrected chi connectivity index (χ2v) is 9.69. The lowest BCUT2D eigenvalue weighted by Crippen LogP contribution is -2.44. The van der Waals surface area contributed by atoms with Gasteiger partial charge >= 0.3 is 0 Å². The van der Waals surface area contributed by atoms with Crippen LogP contribution in [0.4, 0.5) is 5.69 Å². The molecule has 4 aliphatic rings. The van der Waals surface area contributed by atoms with Crippen LogP contribution in [0.2, 0.25) is 5.02 Å². The molecular weight excluding hydrogens is 480 g/mol. The molecule has 7 rings (SSSR count). The summed E-state index contributed by atoms with van der Waals surface area (Å²) in [6, 6.07) is 18.1. The van der Waals surface area contributed by atoms with Crippen molar-refractivity contribution in [3.8, 4) is 11.5 Å². The van der Waals surface area contributed by atoms with Crippen molar-refractivity contribution in [1.82, 2.24) is 4.90 Å². The number of carbonyl (C=O) groups is 3. The summed E-state index contributed by atoms with van der Waals surface area (Å²) in [6.45, 7) is 0.0871. The Hall–Kier alpha value is -4.10. The number of imide groups is 1. The van der Waals surface area contributed by atoms with Crippen molar-refractivity contribution in [2.45, 2.75) is 12.1 Å². The maximum absolute atomic E-state index is 14.0. The van der Waals surface area contributed by atoms with E-state index in [1.165, 1.54) is 4.90 Å². The fourth-order valence-electron chi connectivity index (χ4n) is 5.92. The van der Waals surface area contributed by atoms with E-state index in [9.17, 15) is 14.4 Å². The molecule has 8 heteroatoms. The van der Waals surface area contributed by atoms with Gasteiger partial charge in [-0.25, -0.2) is 4.90 Å². The van der Waals surface area contributed by atoms with Gasteiger partial charge in [0.25, 0.3) is 0 Å². The zero-order chi connectivity index (χ0) is 24.6. The number of carbonyl (C=O) groups excluding carboxylic acids is 3. The van der Waals surface area contributed by atoms with Crippen LogP contribution in [0.1, 0.15) is 27.5 Å². The lowest BCUT2D eigenvalue weighted by Gasteiger charge is -2.35. The van der Waals surface area contributed by atoms with E-state index in [2.05, 4.69) is 0 Å². The van der Waals surface area contributed by atoms with E-state index in [1.54, 1.807) is 42.5 Å². The van der Waals surface area contributed by atoms with E-state index in [-0.39, 0.29) is 18.5 Å². The molecule has 4 heterocycles. The van der Waals surface area contributed by atoms with E-state index in [0.717, 1.165) is 11.1 Å². The van der Waals surface area contributed by atoms with E-state index in [0.29, 0.717) is 27.8 Å². The van der Waals surface area contributed by atoms with Crippen LogP contribution in [0.15, 0.2) is 72.9 Å². The molecule has 4 aliphatic heterocycles. The molecule has 0 aromatic heterocycles. The van der Waals surface area contributed by atoms with Gasteiger partial charge < -0.3 is 14.4 Å². The Bertz CT molecular complexity index is 1480. The number of hydrogen-bond donors (Lipinski definition) is 0. The van der Waals surface area contributed by atoms with Gasteiger partial charge in [-0.1, -0.05) is 35.9 Å². The minimum absolute atomic E-state index is 0.0871. The molecule has 7 nitrogen and oxygen atoms in total. The van der Waals surface area contributed by atoms with Gasteiger partial charge in [-0.15, -0.1) is 0 Å². The van der Waals surface area contributed by atoms with Gasteiger partial charge in [-0.2, -0.15) is 0 Å². The summed E-state index contributed by atoms with van der Waals surface area (Å²) < 4.78 is 10.8. The van der Waals surface area contributed by atoms with Gasteiger partial charge in [0, 0.05) is 22.9 Å². The summed E-state index contributed by atoms with van der Waals surface area (Å²) in [5, 5.41) is 0.515. The van der Waals surface area contributed by atoms with Crippen molar-refractivity contribution in [1.29, 1.82) is 0 Å². The van der Waals surface area contributed by atoms with Gasteiger partial charge in [0.15, 0.2) is 17.3 Å². The fraction of sp³-hybridized carbons (Fsp3) is 0.179. The van der Waals surface area contributed by atoms with Crippen LogP contribution < -0.4 is 14.4 Å². The van der Waals surface area contributed by atoms with Crippen molar-refractivity contribution < 1.29 is 23.9 Å². The van der Waals surface area contributed by atoms with Crippen LogP contribution in [0, 0.1) is 11.8 Å². The standard InChI is InChI=1S/C28H19ClN2O5/c29-17-7-5-16(6-8-17)26(32)25-23-22(24-19-4-2-1-3-15(19)11-12-30(24)25)27(33)31(28(23)34)18-9-10-20-21(13-18)36-14-35-20/h1-13,22-25H,14H2/t22-,23+,24-,25-/m0/s1. The maximum atomic E-state index is 14.0. The normalized spacial score (nSPS) is 25.1. The van der Waals surface area contributed by atoms with Crippen molar-refractivity contribution in [2.75, 3.05) is 11.7 Å². The van der Waals surface area contributed by atoms with Crippen LogP contribution in [0.5, 0.6) is 11.5 Å². The van der Waals surface area contributed by atoms with Crippen LogP contribution >= 0.6 is 11.6 Å². The Morgan fingerprint density at radius 1 is 0.889 bits per heavy atom. The highest BCUT2D eigenvalue weighted by molar-refractivity contribution is 6.30. The molecule has 0 radical (unpaired) electrons. The molecule has 178 valence electrons. The Balaban J connectivity index is 1.36. The highest BCUT2D eigenvalue weighted by Crippen LogP contribution is 2.54. The first kappa shape index (κ1) is 21.2. The number of ether oxygens (including phenoxy) is 2. The molecule has 0 unspecified atom stereocenters. The van der Waals surface area contributed by atoms with Crippen molar-refractivity contribution in [3.63, 3.8) is 0 Å². The number of benzene rings is 3. The average molecular weight is 499 g/mol. The van der Waals surface area contributed by atoms with Gasteiger partial charge in [-0.05, 0) is 53.6 Å². The van der Waals surface area contributed by atoms with Crippen LogP contribution in [-0.4, -0.2) is 35.3 Å². The summed E-state index contributed by atoms with van der Waals surface area (Å²) >= 11 is 6.04. The van der Waals surface area contributed by atoms with E-state index >= 15 is 0 Å². The Kier molecular flexibility index (Phi) is 4.53. The number of amides is 2. The minimum atomic E-state index is -0.841. The summed E-state index contributed by atoms with van der Waals surface area (Å²) in [5.74, 6) is -1.45. The van der Waals surface area contributed by atoms with Gasteiger partial charge in [0.1, 0.15) is 6.04 Å². The quantitative estimate of drug-likeness (QED) is 0.392. The van der Waals surface area contributed by atoms with Crippen molar-refractivity contribution in [2.24, 2.45) is 11.8 Å². The predicted molar refractivity (Wildman–Crippen MR) is 132 cm³/mol. The Morgan fingerprint density at radius 2 is 1.64 bits per heavy atom. The fourth-order valence-corrected chi connectivity index (χ4v) is 6.05. The zero-order valence-electron chi connectivity index (χ0n) is 18.8. The zero-order valence-corrected chi connectivity index (χ0v) is 19.6. The number of fused-ring (bicyclic) bond motifs is 6. The second kappa shape index (κ2) is 7.70. The number of anilines is 1. The molecule has 0 aliphatic carbocycles. The van der Waals surface area contributed by atoms with Crippen LogP contribution in [0.3, 0.4) is 0 Å². The molecule has 3 aromatic rings. The first-order valence-corrected chi connectivity index (χ1v) is 12.0. The Morgan fingerprint density at radius 3 is 2.47 bits per heavy atom. The van der Waals surface area contributed by atoms with E-state index in [4.69, 9.17) is 21.1 Å². The van der Waals surface area contributed by atoms with Crippen molar-refractivity contribution in [3.05, 3.63) is 94.6 Å². The molecule has 0 bridgehead atoms. The van der Waals surface area contributed by atoms with Crippen molar-refractivity contribution >= 4 is 41.0 Å². The van der Waals surface area contributed by atoms with Crippen LogP contribution in [0.25, 0.3) is 6.08 Å². The van der Waals surface area contributed by atoms with Gasteiger partial charge in [0.05, 0.1) is 23.6 Å². The molecule has 4 atom stereocenters. The summed E-state index contributed by atoms with van der Waals surface area (Å²) in [6.07, 6.45) is 3.77. The number of rotatable bonds is 3.